The Balaban J connectivity index is 1.93. The highest BCUT2D eigenvalue weighted by molar-refractivity contribution is 9.10. The van der Waals surface area contributed by atoms with Crippen LogP contribution in [0.1, 0.15) is 44.7 Å². The standard InChI is InChI=1S/C18H26BrN5O/c1-11(2)24-16-14(10-22-18(20)15(16)17(19)23-24)12-4-6-13(7-5-12)21-8-9-25-3/h4,10-11,13,21H,5-9H2,1-3H3,(H2,20,22). The number of nitrogens with zero attached hydrogens (tertiary/aromatic N) is 3. The molecular weight excluding hydrogens is 382 g/mol. The summed E-state index contributed by atoms with van der Waals surface area (Å²) in [5.41, 5.74) is 9.67. The highest BCUT2D eigenvalue weighted by atomic mass is 79.9. The number of fused-ring (bicyclic) bond motifs is 1. The maximum atomic E-state index is 6.12. The van der Waals surface area contributed by atoms with Crippen molar-refractivity contribution in [2.24, 2.45) is 0 Å². The van der Waals surface area contributed by atoms with Crippen LogP contribution in [0.5, 0.6) is 0 Å². The van der Waals surface area contributed by atoms with Gasteiger partial charge in [0.2, 0.25) is 0 Å². The van der Waals surface area contributed by atoms with Crippen LogP contribution in [-0.2, 0) is 4.74 Å². The Labute approximate surface area is 156 Å². The zero-order valence-electron chi connectivity index (χ0n) is 15.1. The first-order chi connectivity index (χ1) is 12.0. The van der Waals surface area contributed by atoms with Crippen LogP contribution in [0, 0.1) is 0 Å². The average Bonchev–Trinajstić information content (AvgIpc) is 2.95. The molecule has 25 heavy (non-hydrogen) atoms. The molecule has 1 aliphatic carbocycles. The first kappa shape index (κ1) is 18.4. The summed E-state index contributed by atoms with van der Waals surface area (Å²) in [6.07, 6.45) is 7.37. The molecule has 0 radical (unpaired) electrons. The highest BCUT2D eigenvalue weighted by Crippen LogP contribution is 2.37. The van der Waals surface area contributed by atoms with Crippen LogP contribution >= 0.6 is 15.9 Å². The lowest BCUT2D eigenvalue weighted by atomic mass is 9.90. The summed E-state index contributed by atoms with van der Waals surface area (Å²) in [5, 5.41) is 9.08. The first-order valence-electron chi connectivity index (χ1n) is 8.76. The summed E-state index contributed by atoms with van der Waals surface area (Å²) in [6.45, 7) is 5.90. The Morgan fingerprint density at radius 2 is 2.28 bits per heavy atom. The third-order valence-corrected chi connectivity index (χ3v) is 5.25. The van der Waals surface area contributed by atoms with Crippen molar-refractivity contribution in [1.29, 1.82) is 0 Å². The zero-order chi connectivity index (χ0) is 18.0. The normalized spacial score (nSPS) is 18.1. The molecule has 0 bridgehead atoms. The van der Waals surface area contributed by atoms with Gasteiger partial charge in [0.05, 0.1) is 17.5 Å². The van der Waals surface area contributed by atoms with E-state index in [4.69, 9.17) is 10.5 Å². The summed E-state index contributed by atoms with van der Waals surface area (Å²) < 4.78 is 7.91. The number of methoxy groups -OCH3 is 1. The number of anilines is 1. The van der Waals surface area contributed by atoms with E-state index in [9.17, 15) is 0 Å². The molecule has 2 aromatic rings. The summed E-state index contributed by atoms with van der Waals surface area (Å²) in [4.78, 5) is 4.42. The van der Waals surface area contributed by atoms with Gasteiger partial charge in [-0.25, -0.2) is 4.98 Å². The summed E-state index contributed by atoms with van der Waals surface area (Å²) in [5.74, 6) is 0.521. The van der Waals surface area contributed by atoms with Gasteiger partial charge in [-0.15, -0.1) is 0 Å². The van der Waals surface area contributed by atoms with Gasteiger partial charge in [-0.2, -0.15) is 5.10 Å². The lowest BCUT2D eigenvalue weighted by Crippen LogP contribution is -2.32. The number of hydrogen-bond acceptors (Lipinski definition) is 5. The summed E-state index contributed by atoms with van der Waals surface area (Å²) in [7, 11) is 1.73. The number of nitrogens with one attached hydrogen (secondary N) is 1. The Morgan fingerprint density at radius 3 is 2.92 bits per heavy atom. The van der Waals surface area contributed by atoms with Crippen molar-refractivity contribution < 1.29 is 4.74 Å². The number of nitrogens with two attached hydrogens (primary N) is 1. The maximum absolute atomic E-state index is 6.12. The van der Waals surface area contributed by atoms with Gasteiger partial charge in [-0.05, 0) is 54.6 Å². The Bertz CT molecular complexity index is 783. The van der Waals surface area contributed by atoms with E-state index < -0.39 is 0 Å². The zero-order valence-corrected chi connectivity index (χ0v) is 16.6. The van der Waals surface area contributed by atoms with Crippen LogP contribution in [-0.4, -0.2) is 41.1 Å². The number of allylic oxidation sites excluding steroid dienone is 1. The molecular formula is C18H26BrN5O. The van der Waals surface area contributed by atoms with Crippen LogP contribution < -0.4 is 11.1 Å². The molecule has 0 aromatic carbocycles. The van der Waals surface area contributed by atoms with Crippen LogP contribution in [0.25, 0.3) is 16.5 Å². The van der Waals surface area contributed by atoms with E-state index in [1.165, 1.54) is 5.57 Å². The van der Waals surface area contributed by atoms with E-state index in [0.29, 0.717) is 11.9 Å². The number of aromatic nitrogens is 3. The van der Waals surface area contributed by atoms with Crippen molar-refractivity contribution in [3.63, 3.8) is 0 Å². The lowest BCUT2D eigenvalue weighted by molar-refractivity contribution is 0.195. The van der Waals surface area contributed by atoms with Crippen LogP contribution in [0.15, 0.2) is 16.9 Å². The number of nitrogen functional groups attached to an aromatic ring is 1. The van der Waals surface area contributed by atoms with Gasteiger partial charge in [-0.3, -0.25) is 4.68 Å². The van der Waals surface area contributed by atoms with E-state index in [0.717, 1.165) is 53.5 Å². The molecule has 136 valence electrons. The van der Waals surface area contributed by atoms with Gasteiger partial charge in [0.15, 0.2) is 0 Å². The molecule has 3 rings (SSSR count). The third kappa shape index (κ3) is 3.73. The van der Waals surface area contributed by atoms with E-state index in [1.807, 2.05) is 10.9 Å². The van der Waals surface area contributed by atoms with Gasteiger partial charge in [0.1, 0.15) is 10.4 Å². The van der Waals surface area contributed by atoms with E-state index in [2.05, 4.69) is 51.3 Å². The second kappa shape index (κ2) is 7.85. The van der Waals surface area contributed by atoms with Crippen molar-refractivity contribution in [3.05, 3.63) is 22.4 Å². The molecule has 0 saturated carbocycles. The maximum Gasteiger partial charge on any atom is 0.139 e. The molecule has 1 aliphatic rings. The van der Waals surface area contributed by atoms with Crippen molar-refractivity contribution >= 4 is 38.2 Å². The molecule has 1 unspecified atom stereocenters. The molecule has 0 saturated heterocycles. The fraction of sp³-hybridized carbons (Fsp3) is 0.556. The predicted molar refractivity (Wildman–Crippen MR) is 106 cm³/mol. The molecule has 1 atom stereocenters. The van der Waals surface area contributed by atoms with Crippen LogP contribution in [0.4, 0.5) is 5.82 Å². The number of hydrogen-bond donors (Lipinski definition) is 2. The minimum atomic E-state index is 0.252. The molecule has 0 amide bonds. The highest BCUT2D eigenvalue weighted by Gasteiger charge is 2.22. The molecule has 0 spiro atoms. The Kier molecular flexibility index (Phi) is 5.76. The van der Waals surface area contributed by atoms with Gasteiger partial charge in [-0.1, -0.05) is 6.08 Å². The first-order valence-corrected chi connectivity index (χ1v) is 9.56. The van der Waals surface area contributed by atoms with Crippen LogP contribution in [0.2, 0.25) is 0 Å². The van der Waals surface area contributed by atoms with Gasteiger partial charge >= 0.3 is 0 Å². The summed E-state index contributed by atoms with van der Waals surface area (Å²) in [6, 6.07) is 0.764. The van der Waals surface area contributed by atoms with Gasteiger partial charge in [0.25, 0.3) is 0 Å². The smallest absolute Gasteiger partial charge is 0.139 e. The van der Waals surface area contributed by atoms with Gasteiger partial charge < -0.3 is 15.8 Å². The second-order valence-electron chi connectivity index (χ2n) is 6.76. The van der Waals surface area contributed by atoms with E-state index in [-0.39, 0.29) is 6.04 Å². The second-order valence-corrected chi connectivity index (χ2v) is 7.51. The minimum absolute atomic E-state index is 0.252. The molecule has 7 heteroatoms. The molecule has 2 heterocycles. The Hall–Kier alpha value is -1.44. The topological polar surface area (TPSA) is 78.0 Å². The molecule has 0 fully saturated rings. The molecule has 3 N–H and O–H groups in total. The minimum Gasteiger partial charge on any atom is -0.383 e. The number of halogens is 1. The van der Waals surface area contributed by atoms with Crippen molar-refractivity contribution in [3.8, 4) is 0 Å². The quantitative estimate of drug-likeness (QED) is 0.715. The largest absolute Gasteiger partial charge is 0.383 e. The van der Waals surface area contributed by atoms with Crippen molar-refractivity contribution in [2.45, 2.75) is 45.2 Å². The number of rotatable bonds is 6. The van der Waals surface area contributed by atoms with Gasteiger partial charge in [0, 0.05) is 37.5 Å². The monoisotopic (exact) mass is 407 g/mol. The SMILES string of the molecule is COCCNC1CC=C(c2cnc(N)c3c(Br)nn(C(C)C)c23)CC1. The van der Waals surface area contributed by atoms with Crippen molar-refractivity contribution in [2.75, 3.05) is 26.0 Å². The molecule has 6 nitrogen and oxygen atoms in total. The van der Waals surface area contributed by atoms with E-state index >= 15 is 0 Å². The van der Waals surface area contributed by atoms with Crippen molar-refractivity contribution in [1.82, 2.24) is 20.1 Å². The lowest BCUT2D eigenvalue weighted by Gasteiger charge is -2.24. The average molecular weight is 408 g/mol. The molecule has 0 aliphatic heterocycles. The third-order valence-electron chi connectivity index (χ3n) is 4.70. The fourth-order valence-corrected chi connectivity index (χ4v) is 3.95. The predicted octanol–water partition coefficient (Wildman–Crippen LogP) is 3.53. The molecule has 2 aromatic heterocycles. The fourth-order valence-electron chi connectivity index (χ4n) is 3.39. The summed E-state index contributed by atoms with van der Waals surface area (Å²) >= 11 is 3.55. The van der Waals surface area contributed by atoms with E-state index in [1.54, 1.807) is 7.11 Å². The number of ether oxygens (including phenoxy) is 1. The number of pyridine rings is 1. The Morgan fingerprint density at radius 1 is 1.48 bits per heavy atom. The van der Waals surface area contributed by atoms with Crippen LogP contribution in [0.3, 0.4) is 0 Å².